The highest BCUT2D eigenvalue weighted by Crippen LogP contribution is 2.38. The number of fused-ring (bicyclic) bond motifs is 1. The van der Waals surface area contributed by atoms with Crippen LogP contribution < -0.4 is 14.9 Å². The first-order valence-corrected chi connectivity index (χ1v) is 10.2. The summed E-state index contributed by atoms with van der Waals surface area (Å²) in [7, 11) is 0. The maximum atomic E-state index is 13.5. The number of cyclic esters (lactones) is 1. The maximum Gasteiger partial charge on any atom is 0.409 e. The quantitative estimate of drug-likeness (QED) is 0.773. The number of halogens is 2. The molecule has 0 aromatic heterocycles. The van der Waals surface area contributed by atoms with E-state index in [-0.39, 0.29) is 17.3 Å². The van der Waals surface area contributed by atoms with Crippen LogP contribution in [0.5, 0.6) is 11.5 Å². The van der Waals surface area contributed by atoms with Crippen molar-refractivity contribution in [1.82, 2.24) is 15.3 Å². The SMILES string of the molecule is O=C1OCCN1CCCC1CCN(NC2COc3c(Cl)cc(F)cc3O2)CC1. The molecule has 28 heavy (non-hydrogen) atoms. The Labute approximate surface area is 168 Å². The van der Waals surface area contributed by atoms with Crippen molar-refractivity contribution < 1.29 is 23.4 Å². The van der Waals surface area contributed by atoms with Crippen molar-refractivity contribution in [2.75, 3.05) is 39.4 Å². The Morgan fingerprint density at radius 1 is 1.21 bits per heavy atom. The van der Waals surface area contributed by atoms with E-state index < -0.39 is 5.82 Å². The van der Waals surface area contributed by atoms with Crippen molar-refractivity contribution in [3.05, 3.63) is 23.0 Å². The molecule has 7 nitrogen and oxygen atoms in total. The van der Waals surface area contributed by atoms with Gasteiger partial charge in [-0.3, -0.25) is 0 Å². The second-order valence-corrected chi connectivity index (χ2v) is 7.84. The number of benzene rings is 1. The van der Waals surface area contributed by atoms with E-state index in [0.29, 0.717) is 37.2 Å². The molecule has 1 unspecified atom stereocenters. The summed E-state index contributed by atoms with van der Waals surface area (Å²) in [5, 5.41) is 2.35. The molecule has 0 aliphatic carbocycles. The van der Waals surface area contributed by atoms with Gasteiger partial charge in [-0.2, -0.15) is 0 Å². The van der Waals surface area contributed by atoms with Gasteiger partial charge in [0.05, 0.1) is 11.6 Å². The fourth-order valence-electron chi connectivity index (χ4n) is 3.93. The Morgan fingerprint density at radius 3 is 2.79 bits per heavy atom. The highest BCUT2D eigenvalue weighted by molar-refractivity contribution is 6.32. The van der Waals surface area contributed by atoms with Crippen molar-refractivity contribution in [3.63, 3.8) is 0 Å². The number of nitrogens with one attached hydrogen (secondary N) is 1. The molecule has 1 atom stereocenters. The zero-order chi connectivity index (χ0) is 19.5. The largest absolute Gasteiger partial charge is 0.483 e. The van der Waals surface area contributed by atoms with Crippen LogP contribution in [0.3, 0.4) is 0 Å². The van der Waals surface area contributed by atoms with E-state index >= 15 is 0 Å². The highest BCUT2D eigenvalue weighted by atomic mass is 35.5. The molecule has 0 bridgehead atoms. The number of hydrazine groups is 1. The molecule has 1 amide bonds. The molecule has 3 heterocycles. The minimum atomic E-state index is -0.448. The summed E-state index contributed by atoms with van der Waals surface area (Å²) in [4.78, 5) is 13.2. The van der Waals surface area contributed by atoms with Crippen LogP contribution in [0, 0.1) is 11.7 Å². The number of piperidine rings is 1. The summed E-state index contributed by atoms with van der Waals surface area (Å²) >= 11 is 5.99. The minimum absolute atomic E-state index is 0.184. The molecule has 0 radical (unpaired) electrons. The number of hydrogen-bond donors (Lipinski definition) is 1. The third kappa shape index (κ3) is 4.61. The predicted molar refractivity (Wildman–Crippen MR) is 101 cm³/mol. The molecule has 2 fully saturated rings. The summed E-state index contributed by atoms with van der Waals surface area (Å²) in [6, 6.07) is 2.51. The monoisotopic (exact) mass is 413 g/mol. The normalized spacial score (nSPS) is 23.1. The van der Waals surface area contributed by atoms with Gasteiger partial charge in [-0.15, -0.1) is 0 Å². The van der Waals surface area contributed by atoms with Gasteiger partial charge in [0.1, 0.15) is 19.0 Å². The van der Waals surface area contributed by atoms with E-state index in [0.717, 1.165) is 45.3 Å². The van der Waals surface area contributed by atoms with E-state index in [2.05, 4.69) is 10.4 Å². The van der Waals surface area contributed by atoms with Crippen molar-refractivity contribution in [2.24, 2.45) is 5.92 Å². The Morgan fingerprint density at radius 2 is 2.04 bits per heavy atom. The minimum Gasteiger partial charge on any atom is -0.483 e. The van der Waals surface area contributed by atoms with Crippen LogP contribution in [0.4, 0.5) is 9.18 Å². The first-order chi connectivity index (χ1) is 13.6. The fourth-order valence-corrected chi connectivity index (χ4v) is 4.18. The Hall–Kier alpha value is -1.77. The Bertz CT molecular complexity index is 715. The molecule has 154 valence electrons. The number of carbonyl (C=O) groups is 1. The van der Waals surface area contributed by atoms with Crippen molar-refractivity contribution in [2.45, 2.75) is 31.9 Å². The van der Waals surface area contributed by atoms with Crippen LogP contribution in [-0.2, 0) is 4.74 Å². The third-order valence-electron chi connectivity index (χ3n) is 5.45. The molecular weight excluding hydrogens is 389 g/mol. The average Bonchev–Trinajstić information content (AvgIpc) is 3.08. The average molecular weight is 414 g/mol. The van der Waals surface area contributed by atoms with Gasteiger partial charge in [0, 0.05) is 25.7 Å². The van der Waals surface area contributed by atoms with Crippen LogP contribution in [0.2, 0.25) is 5.02 Å². The van der Waals surface area contributed by atoms with Gasteiger partial charge in [0.15, 0.2) is 17.7 Å². The van der Waals surface area contributed by atoms with E-state index in [1.165, 1.54) is 12.1 Å². The topological polar surface area (TPSA) is 63.3 Å². The van der Waals surface area contributed by atoms with Crippen LogP contribution >= 0.6 is 11.6 Å². The van der Waals surface area contributed by atoms with Gasteiger partial charge < -0.3 is 19.1 Å². The van der Waals surface area contributed by atoms with E-state index in [1.54, 1.807) is 4.90 Å². The van der Waals surface area contributed by atoms with E-state index in [9.17, 15) is 9.18 Å². The molecule has 3 aliphatic heterocycles. The van der Waals surface area contributed by atoms with Crippen LogP contribution in [0.1, 0.15) is 25.7 Å². The number of carbonyl (C=O) groups excluding carboxylic acids is 1. The lowest BCUT2D eigenvalue weighted by Crippen LogP contribution is -2.53. The van der Waals surface area contributed by atoms with Gasteiger partial charge in [-0.1, -0.05) is 11.6 Å². The van der Waals surface area contributed by atoms with E-state index in [4.69, 9.17) is 25.8 Å². The second kappa shape index (κ2) is 8.71. The standard InChI is InChI=1S/C19H25ClFN3O4/c20-15-10-14(21)11-16-18(15)27-12-17(28-16)22-24-6-3-13(4-7-24)2-1-5-23-8-9-26-19(23)25/h10-11,13,17,22H,1-9,12H2. The fraction of sp³-hybridized carbons (Fsp3) is 0.632. The Kier molecular flexibility index (Phi) is 6.08. The smallest absolute Gasteiger partial charge is 0.409 e. The van der Waals surface area contributed by atoms with Crippen molar-refractivity contribution in [1.29, 1.82) is 0 Å². The molecule has 3 aliphatic rings. The maximum absolute atomic E-state index is 13.5. The van der Waals surface area contributed by atoms with Gasteiger partial charge in [-0.05, 0) is 37.7 Å². The van der Waals surface area contributed by atoms with Crippen molar-refractivity contribution in [3.8, 4) is 11.5 Å². The first kappa shape index (κ1) is 19.5. The molecule has 4 rings (SSSR count). The number of hydrogen-bond acceptors (Lipinski definition) is 6. The lowest BCUT2D eigenvalue weighted by Gasteiger charge is -2.36. The zero-order valence-electron chi connectivity index (χ0n) is 15.7. The third-order valence-corrected chi connectivity index (χ3v) is 5.73. The number of amides is 1. The van der Waals surface area contributed by atoms with Crippen LogP contribution in [0.25, 0.3) is 0 Å². The summed E-state index contributed by atoms with van der Waals surface area (Å²) in [6.45, 7) is 4.13. The molecule has 1 aromatic carbocycles. The summed E-state index contributed by atoms with van der Waals surface area (Å²) < 4.78 is 29.9. The molecule has 0 spiro atoms. The van der Waals surface area contributed by atoms with Gasteiger partial charge in [0.2, 0.25) is 0 Å². The molecule has 1 N–H and O–H groups in total. The molecule has 2 saturated heterocycles. The first-order valence-electron chi connectivity index (χ1n) is 9.80. The molecule has 1 aromatic rings. The zero-order valence-corrected chi connectivity index (χ0v) is 16.4. The number of ether oxygens (including phenoxy) is 3. The number of nitrogens with zero attached hydrogens (tertiary/aromatic N) is 2. The second-order valence-electron chi connectivity index (χ2n) is 7.44. The summed E-state index contributed by atoms with van der Waals surface area (Å²) in [6.07, 6.45) is 3.74. The van der Waals surface area contributed by atoms with Crippen LogP contribution in [0.15, 0.2) is 12.1 Å². The molecular formula is C19H25ClFN3O4. The van der Waals surface area contributed by atoms with Crippen molar-refractivity contribution >= 4 is 17.7 Å². The van der Waals surface area contributed by atoms with Crippen LogP contribution in [-0.4, -0.2) is 61.6 Å². The van der Waals surface area contributed by atoms with Gasteiger partial charge in [0.25, 0.3) is 0 Å². The lowest BCUT2D eigenvalue weighted by atomic mass is 9.93. The van der Waals surface area contributed by atoms with Gasteiger partial charge >= 0.3 is 6.09 Å². The van der Waals surface area contributed by atoms with E-state index in [1.807, 2.05) is 0 Å². The molecule has 0 saturated carbocycles. The lowest BCUT2D eigenvalue weighted by molar-refractivity contribution is -0.0120. The predicted octanol–water partition coefficient (Wildman–Crippen LogP) is 3.03. The Balaban J connectivity index is 1.18. The molecule has 9 heteroatoms. The summed E-state index contributed by atoms with van der Waals surface area (Å²) in [5.41, 5.74) is 3.32. The number of rotatable bonds is 6. The highest BCUT2D eigenvalue weighted by Gasteiger charge is 2.28. The summed E-state index contributed by atoms with van der Waals surface area (Å²) in [5.74, 6) is 0.926. The van der Waals surface area contributed by atoms with Gasteiger partial charge in [-0.25, -0.2) is 19.6 Å².